The highest BCUT2D eigenvalue weighted by atomic mass is 19.3. The maximum Gasteiger partial charge on any atom is 0.407 e. The Bertz CT molecular complexity index is 509. The van der Waals surface area contributed by atoms with Gasteiger partial charge < -0.3 is 15.7 Å². The van der Waals surface area contributed by atoms with E-state index >= 15 is 0 Å². The van der Waals surface area contributed by atoms with Crippen molar-refractivity contribution in [3.63, 3.8) is 0 Å². The second-order valence-electron chi connectivity index (χ2n) is 6.18. The fourth-order valence-electron chi connectivity index (χ4n) is 2.87. The van der Waals surface area contributed by atoms with Crippen LogP contribution in [0.5, 0.6) is 0 Å². The summed E-state index contributed by atoms with van der Waals surface area (Å²) in [4.78, 5) is 36.2. The number of hydrogen-bond acceptors (Lipinski definition) is 3. The molecule has 3 amide bonds. The van der Waals surface area contributed by atoms with Gasteiger partial charge in [0.05, 0.1) is 18.0 Å². The summed E-state index contributed by atoms with van der Waals surface area (Å²) in [5, 5.41) is 8.97. The van der Waals surface area contributed by atoms with Crippen molar-refractivity contribution in [1.29, 1.82) is 0 Å². The van der Waals surface area contributed by atoms with E-state index in [4.69, 9.17) is 10.8 Å². The number of primary amides is 1. The van der Waals surface area contributed by atoms with Gasteiger partial charge in [-0.1, -0.05) is 0 Å². The van der Waals surface area contributed by atoms with Crippen LogP contribution in [0.25, 0.3) is 0 Å². The Balaban J connectivity index is 2.23. The molecule has 0 radical (unpaired) electrons. The molecular weight excluding hydrogens is 288 g/mol. The Morgan fingerprint density at radius 2 is 2.05 bits per heavy atom. The molecule has 2 atom stereocenters. The van der Waals surface area contributed by atoms with Crippen LogP contribution >= 0.6 is 0 Å². The van der Waals surface area contributed by atoms with Gasteiger partial charge in [0.1, 0.15) is 5.92 Å². The highest BCUT2D eigenvalue weighted by molar-refractivity contribution is 5.87. The number of rotatable bonds is 3. The van der Waals surface area contributed by atoms with Gasteiger partial charge in [0.2, 0.25) is 11.8 Å². The molecule has 0 bridgehead atoms. The summed E-state index contributed by atoms with van der Waals surface area (Å²) in [6.45, 7) is 1.77. The molecule has 0 aliphatic carbocycles. The third-order valence-corrected chi connectivity index (χ3v) is 4.11. The molecule has 2 saturated heterocycles. The molecule has 9 heteroatoms. The first kappa shape index (κ1) is 15.5. The minimum Gasteiger partial charge on any atom is -0.465 e. The van der Waals surface area contributed by atoms with Gasteiger partial charge in [-0.25, -0.2) is 13.6 Å². The van der Waals surface area contributed by atoms with E-state index < -0.39 is 47.7 Å². The van der Waals surface area contributed by atoms with Gasteiger partial charge in [-0.05, 0) is 13.8 Å². The Labute approximate surface area is 119 Å². The number of nitrogens with two attached hydrogens (primary N) is 1. The Morgan fingerprint density at radius 3 is 2.52 bits per heavy atom. The largest absolute Gasteiger partial charge is 0.465 e. The zero-order valence-corrected chi connectivity index (χ0v) is 11.7. The summed E-state index contributed by atoms with van der Waals surface area (Å²) in [6.07, 6.45) is -1.48. The number of hydrogen-bond donors (Lipinski definition) is 2. The molecule has 21 heavy (non-hydrogen) atoms. The molecule has 2 fully saturated rings. The fourth-order valence-corrected chi connectivity index (χ4v) is 2.87. The van der Waals surface area contributed by atoms with Gasteiger partial charge >= 0.3 is 6.09 Å². The lowest BCUT2D eigenvalue weighted by atomic mass is 9.92. The maximum atomic E-state index is 13.9. The zero-order chi connectivity index (χ0) is 16.2. The molecule has 2 aliphatic heterocycles. The zero-order valence-electron chi connectivity index (χ0n) is 11.7. The molecule has 2 aliphatic rings. The second-order valence-corrected chi connectivity index (χ2v) is 6.18. The molecule has 2 unspecified atom stereocenters. The average Bonchev–Trinajstić information content (AvgIpc) is 2.76. The van der Waals surface area contributed by atoms with Gasteiger partial charge in [-0.3, -0.25) is 14.5 Å². The van der Waals surface area contributed by atoms with Crippen molar-refractivity contribution >= 4 is 17.9 Å². The predicted octanol–water partition coefficient (Wildman–Crippen LogP) is -0.0462. The number of carboxylic acid groups (broad SMARTS) is 1. The van der Waals surface area contributed by atoms with Crippen LogP contribution in [0.4, 0.5) is 13.6 Å². The minimum absolute atomic E-state index is 0.113. The third kappa shape index (κ3) is 2.40. The quantitative estimate of drug-likeness (QED) is 0.763. The summed E-state index contributed by atoms with van der Waals surface area (Å²) in [6, 6.07) is -1.09. The van der Waals surface area contributed by atoms with E-state index in [1.54, 1.807) is 0 Å². The van der Waals surface area contributed by atoms with Crippen LogP contribution in [0.15, 0.2) is 0 Å². The van der Waals surface area contributed by atoms with Crippen LogP contribution in [0.2, 0.25) is 0 Å². The van der Waals surface area contributed by atoms with E-state index in [1.807, 2.05) is 0 Å². The molecule has 0 aromatic rings. The number of fused-ring (bicyclic) bond motifs is 1. The highest BCUT2D eigenvalue weighted by Crippen LogP contribution is 2.43. The topological polar surface area (TPSA) is 104 Å². The molecule has 2 rings (SSSR count). The smallest absolute Gasteiger partial charge is 0.407 e. The van der Waals surface area contributed by atoms with E-state index in [-0.39, 0.29) is 13.1 Å². The third-order valence-electron chi connectivity index (χ3n) is 4.11. The molecular formula is C12H17F2N3O4. The van der Waals surface area contributed by atoms with Crippen LogP contribution in [0.3, 0.4) is 0 Å². The summed E-state index contributed by atoms with van der Waals surface area (Å²) in [5.41, 5.74) is 4.14. The van der Waals surface area contributed by atoms with Crippen molar-refractivity contribution in [2.24, 2.45) is 17.1 Å². The molecule has 2 heterocycles. The highest BCUT2D eigenvalue weighted by Gasteiger charge is 2.64. The van der Waals surface area contributed by atoms with Crippen LogP contribution < -0.4 is 5.73 Å². The summed E-state index contributed by atoms with van der Waals surface area (Å²) in [5.74, 6) is -6.57. The first-order chi connectivity index (χ1) is 9.47. The first-order valence-corrected chi connectivity index (χ1v) is 6.43. The van der Waals surface area contributed by atoms with Gasteiger partial charge in [-0.15, -0.1) is 0 Å². The lowest BCUT2D eigenvalue weighted by Gasteiger charge is -2.29. The number of carbonyl (C=O) groups excluding carboxylic acids is 2. The van der Waals surface area contributed by atoms with Crippen molar-refractivity contribution in [1.82, 2.24) is 9.80 Å². The molecule has 0 aromatic carbocycles. The molecule has 3 N–H and O–H groups in total. The normalized spacial score (nSPS) is 27.9. The van der Waals surface area contributed by atoms with Crippen molar-refractivity contribution in [3.05, 3.63) is 0 Å². The Kier molecular flexibility index (Phi) is 3.34. The number of carbonyl (C=O) groups is 3. The number of likely N-dealkylation sites (tertiary alicyclic amines) is 2. The van der Waals surface area contributed by atoms with E-state index in [0.717, 1.165) is 4.90 Å². The Hall–Kier alpha value is -1.93. The molecule has 0 spiro atoms. The summed E-state index contributed by atoms with van der Waals surface area (Å²) in [7, 11) is 0. The van der Waals surface area contributed by atoms with E-state index in [0.29, 0.717) is 4.90 Å². The lowest BCUT2D eigenvalue weighted by Crippen LogP contribution is -2.46. The van der Waals surface area contributed by atoms with Crippen molar-refractivity contribution in [2.75, 3.05) is 19.6 Å². The number of nitrogens with zero attached hydrogens (tertiary/aromatic N) is 2. The average molecular weight is 305 g/mol. The van der Waals surface area contributed by atoms with Gasteiger partial charge in [0.15, 0.2) is 0 Å². The maximum absolute atomic E-state index is 13.9. The summed E-state index contributed by atoms with van der Waals surface area (Å²) >= 11 is 0. The van der Waals surface area contributed by atoms with Crippen LogP contribution in [0, 0.1) is 11.3 Å². The molecule has 118 valence electrons. The van der Waals surface area contributed by atoms with Crippen molar-refractivity contribution in [2.45, 2.75) is 25.8 Å². The number of alkyl halides is 2. The van der Waals surface area contributed by atoms with Gasteiger partial charge in [0, 0.05) is 13.1 Å². The molecule has 0 aromatic heterocycles. The fraction of sp³-hybridized carbons (Fsp3) is 0.750. The van der Waals surface area contributed by atoms with Crippen LogP contribution in [-0.2, 0) is 9.59 Å². The van der Waals surface area contributed by atoms with Crippen molar-refractivity contribution < 1.29 is 28.3 Å². The SMILES string of the molecule is CC(C)(CN1CC2C(C1=O)C(F)(F)CN2C(=O)O)C(N)=O. The van der Waals surface area contributed by atoms with E-state index in [1.165, 1.54) is 13.8 Å². The first-order valence-electron chi connectivity index (χ1n) is 6.43. The molecule has 7 nitrogen and oxygen atoms in total. The standard InChI is InChI=1S/C12H17F2N3O4/c1-11(2,9(15)19)4-16-3-6-7(8(16)18)12(13,14)5-17(6)10(20)21/h6-7H,3-5H2,1-2H3,(H2,15,19)(H,20,21). The van der Waals surface area contributed by atoms with Gasteiger partial charge in [0.25, 0.3) is 5.92 Å². The van der Waals surface area contributed by atoms with Crippen molar-refractivity contribution in [3.8, 4) is 0 Å². The lowest BCUT2D eigenvalue weighted by molar-refractivity contribution is -0.142. The predicted molar refractivity (Wildman–Crippen MR) is 66.5 cm³/mol. The second kappa shape index (κ2) is 4.54. The number of halogens is 2. The minimum atomic E-state index is -3.40. The molecule has 0 saturated carbocycles. The van der Waals surface area contributed by atoms with E-state index in [2.05, 4.69) is 0 Å². The van der Waals surface area contributed by atoms with Crippen LogP contribution in [-0.4, -0.2) is 64.4 Å². The van der Waals surface area contributed by atoms with E-state index in [9.17, 15) is 23.2 Å². The van der Waals surface area contributed by atoms with Gasteiger partial charge in [-0.2, -0.15) is 0 Å². The monoisotopic (exact) mass is 305 g/mol. The Morgan fingerprint density at radius 1 is 1.48 bits per heavy atom. The summed E-state index contributed by atoms with van der Waals surface area (Å²) < 4.78 is 27.8. The van der Waals surface area contributed by atoms with Crippen LogP contribution in [0.1, 0.15) is 13.8 Å². The number of amides is 3.